The van der Waals surface area contributed by atoms with Crippen molar-refractivity contribution in [3.63, 3.8) is 0 Å². The van der Waals surface area contributed by atoms with Crippen molar-refractivity contribution in [2.24, 2.45) is 0 Å². The van der Waals surface area contributed by atoms with E-state index in [0.29, 0.717) is 23.4 Å². The van der Waals surface area contributed by atoms with E-state index >= 15 is 0 Å². The minimum absolute atomic E-state index is 0.0132. The standard InChI is InChI=1S/C21H26N2O3/c1-5-19(26-16-10-8-9-15(4)13-16)21(25)23-18-12-7-6-11-17(18)20(24)22-14(2)3/h6-14,19H,5H2,1-4H3,(H,22,24)(H,23,25)/t19-/m0/s1. The molecule has 0 fully saturated rings. The van der Waals surface area contributed by atoms with Crippen LogP contribution in [0.25, 0.3) is 0 Å². The Bertz CT molecular complexity index is 771. The summed E-state index contributed by atoms with van der Waals surface area (Å²) < 4.78 is 5.83. The fraction of sp³-hybridized carbons (Fsp3) is 0.333. The van der Waals surface area contributed by atoms with E-state index in [2.05, 4.69) is 10.6 Å². The number of nitrogens with one attached hydrogen (secondary N) is 2. The number of rotatable bonds is 7. The Morgan fingerprint density at radius 1 is 1.08 bits per heavy atom. The van der Waals surface area contributed by atoms with Crippen molar-refractivity contribution in [1.82, 2.24) is 5.32 Å². The fourth-order valence-corrected chi connectivity index (χ4v) is 2.52. The molecule has 5 heteroatoms. The molecular formula is C21H26N2O3. The van der Waals surface area contributed by atoms with Gasteiger partial charge in [0.15, 0.2) is 6.10 Å². The smallest absolute Gasteiger partial charge is 0.265 e. The number of carbonyl (C=O) groups excluding carboxylic acids is 2. The van der Waals surface area contributed by atoms with Crippen LogP contribution in [0.1, 0.15) is 43.1 Å². The van der Waals surface area contributed by atoms with Gasteiger partial charge >= 0.3 is 0 Å². The van der Waals surface area contributed by atoms with Crippen LogP contribution < -0.4 is 15.4 Å². The number of hydrogen-bond acceptors (Lipinski definition) is 3. The molecule has 2 N–H and O–H groups in total. The highest BCUT2D eigenvalue weighted by Gasteiger charge is 2.21. The molecule has 0 spiro atoms. The summed E-state index contributed by atoms with van der Waals surface area (Å²) >= 11 is 0. The predicted octanol–water partition coefficient (Wildman–Crippen LogP) is 3.93. The van der Waals surface area contributed by atoms with Gasteiger partial charge in [0, 0.05) is 6.04 Å². The third kappa shape index (κ3) is 5.34. The Labute approximate surface area is 154 Å². The van der Waals surface area contributed by atoms with Gasteiger partial charge in [0.25, 0.3) is 11.8 Å². The van der Waals surface area contributed by atoms with E-state index < -0.39 is 6.10 Å². The maximum Gasteiger partial charge on any atom is 0.265 e. The molecule has 0 aliphatic carbocycles. The van der Waals surface area contributed by atoms with Crippen molar-refractivity contribution >= 4 is 17.5 Å². The van der Waals surface area contributed by atoms with Gasteiger partial charge in [-0.25, -0.2) is 0 Å². The van der Waals surface area contributed by atoms with Gasteiger partial charge in [-0.15, -0.1) is 0 Å². The first-order valence-electron chi connectivity index (χ1n) is 8.84. The van der Waals surface area contributed by atoms with Crippen LogP contribution in [0.5, 0.6) is 5.75 Å². The van der Waals surface area contributed by atoms with Crippen LogP contribution in [0.4, 0.5) is 5.69 Å². The third-order valence-electron chi connectivity index (χ3n) is 3.78. The van der Waals surface area contributed by atoms with Crippen molar-refractivity contribution in [2.45, 2.75) is 46.3 Å². The number of carbonyl (C=O) groups is 2. The van der Waals surface area contributed by atoms with Gasteiger partial charge in [-0.2, -0.15) is 0 Å². The predicted molar refractivity (Wildman–Crippen MR) is 104 cm³/mol. The molecule has 0 aliphatic heterocycles. The van der Waals surface area contributed by atoms with Gasteiger partial charge in [-0.3, -0.25) is 9.59 Å². The molecule has 1 atom stereocenters. The molecule has 5 nitrogen and oxygen atoms in total. The van der Waals surface area contributed by atoms with E-state index in [9.17, 15) is 9.59 Å². The van der Waals surface area contributed by atoms with E-state index in [-0.39, 0.29) is 17.9 Å². The van der Waals surface area contributed by atoms with Crippen molar-refractivity contribution in [2.75, 3.05) is 5.32 Å². The van der Waals surface area contributed by atoms with E-state index in [4.69, 9.17) is 4.74 Å². The molecule has 0 saturated carbocycles. The molecular weight excluding hydrogens is 328 g/mol. The van der Waals surface area contributed by atoms with Crippen molar-refractivity contribution in [1.29, 1.82) is 0 Å². The first-order valence-corrected chi connectivity index (χ1v) is 8.84. The minimum atomic E-state index is -0.641. The Morgan fingerprint density at radius 2 is 1.81 bits per heavy atom. The summed E-state index contributed by atoms with van der Waals surface area (Å²) in [6.45, 7) is 7.64. The lowest BCUT2D eigenvalue weighted by atomic mass is 10.1. The molecule has 26 heavy (non-hydrogen) atoms. The van der Waals surface area contributed by atoms with E-state index in [1.807, 2.05) is 52.0 Å². The summed E-state index contributed by atoms with van der Waals surface area (Å²) in [6.07, 6.45) is -0.127. The zero-order valence-electron chi connectivity index (χ0n) is 15.7. The average molecular weight is 354 g/mol. The molecule has 0 unspecified atom stereocenters. The van der Waals surface area contributed by atoms with Crippen LogP contribution in [-0.2, 0) is 4.79 Å². The highest BCUT2D eigenvalue weighted by atomic mass is 16.5. The second-order valence-electron chi connectivity index (χ2n) is 6.49. The largest absolute Gasteiger partial charge is 0.481 e. The summed E-state index contributed by atoms with van der Waals surface area (Å²) in [5.41, 5.74) is 1.97. The van der Waals surface area contributed by atoms with Gasteiger partial charge in [0.1, 0.15) is 5.75 Å². The van der Waals surface area contributed by atoms with Crippen LogP contribution in [0.3, 0.4) is 0 Å². The lowest BCUT2D eigenvalue weighted by molar-refractivity contribution is -0.122. The lowest BCUT2D eigenvalue weighted by Crippen LogP contribution is -2.34. The SMILES string of the molecule is CC[C@H](Oc1cccc(C)c1)C(=O)Nc1ccccc1C(=O)NC(C)C. The number of para-hydroxylation sites is 1. The van der Waals surface area contributed by atoms with Gasteiger partial charge in [0.05, 0.1) is 11.3 Å². The van der Waals surface area contributed by atoms with Crippen LogP contribution >= 0.6 is 0 Å². The fourth-order valence-electron chi connectivity index (χ4n) is 2.52. The molecule has 0 heterocycles. The molecule has 138 valence electrons. The van der Waals surface area contributed by atoms with E-state index in [0.717, 1.165) is 5.56 Å². The quantitative estimate of drug-likeness (QED) is 0.792. The normalized spacial score (nSPS) is 11.7. The van der Waals surface area contributed by atoms with Crippen molar-refractivity contribution < 1.29 is 14.3 Å². The second-order valence-corrected chi connectivity index (χ2v) is 6.49. The van der Waals surface area contributed by atoms with Gasteiger partial charge in [-0.05, 0) is 57.0 Å². The lowest BCUT2D eigenvalue weighted by Gasteiger charge is -2.19. The summed E-state index contributed by atoms with van der Waals surface area (Å²) in [5.74, 6) is 0.153. The van der Waals surface area contributed by atoms with Crippen LogP contribution in [-0.4, -0.2) is 24.0 Å². The van der Waals surface area contributed by atoms with E-state index in [1.165, 1.54) is 0 Å². The minimum Gasteiger partial charge on any atom is -0.481 e. The van der Waals surface area contributed by atoms with Crippen LogP contribution in [0.15, 0.2) is 48.5 Å². The van der Waals surface area contributed by atoms with Crippen LogP contribution in [0, 0.1) is 6.92 Å². The number of aryl methyl sites for hydroxylation is 1. The maximum absolute atomic E-state index is 12.7. The first-order chi connectivity index (χ1) is 12.4. The monoisotopic (exact) mass is 354 g/mol. The summed E-state index contributed by atoms with van der Waals surface area (Å²) in [6, 6.07) is 14.5. The van der Waals surface area contributed by atoms with Crippen LogP contribution in [0.2, 0.25) is 0 Å². The summed E-state index contributed by atoms with van der Waals surface area (Å²) in [4.78, 5) is 25.0. The molecule has 2 aromatic rings. The van der Waals surface area contributed by atoms with Crippen molar-refractivity contribution in [3.8, 4) is 5.75 Å². The molecule has 0 saturated heterocycles. The Kier molecular flexibility index (Phi) is 6.78. The van der Waals surface area contributed by atoms with Crippen molar-refractivity contribution in [3.05, 3.63) is 59.7 Å². The Morgan fingerprint density at radius 3 is 2.46 bits per heavy atom. The van der Waals surface area contributed by atoms with E-state index in [1.54, 1.807) is 24.3 Å². The number of hydrogen-bond donors (Lipinski definition) is 2. The highest BCUT2D eigenvalue weighted by molar-refractivity contribution is 6.04. The molecule has 0 radical (unpaired) electrons. The molecule has 2 amide bonds. The number of anilines is 1. The highest BCUT2D eigenvalue weighted by Crippen LogP contribution is 2.19. The Balaban J connectivity index is 2.14. The number of benzene rings is 2. The summed E-state index contributed by atoms with van der Waals surface area (Å²) in [5, 5.41) is 5.67. The van der Waals surface area contributed by atoms with Gasteiger partial charge in [-0.1, -0.05) is 31.2 Å². The molecule has 0 bridgehead atoms. The third-order valence-corrected chi connectivity index (χ3v) is 3.78. The zero-order chi connectivity index (χ0) is 19.1. The number of amides is 2. The first kappa shape index (κ1) is 19.5. The van der Waals surface area contributed by atoms with Gasteiger partial charge in [0.2, 0.25) is 0 Å². The molecule has 2 rings (SSSR count). The Hall–Kier alpha value is -2.82. The number of ether oxygens (including phenoxy) is 1. The van der Waals surface area contributed by atoms with Gasteiger partial charge < -0.3 is 15.4 Å². The molecule has 2 aromatic carbocycles. The zero-order valence-corrected chi connectivity index (χ0v) is 15.7. The topological polar surface area (TPSA) is 67.4 Å². The molecule has 0 aromatic heterocycles. The second kappa shape index (κ2) is 9.04. The average Bonchev–Trinajstić information content (AvgIpc) is 2.59. The maximum atomic E-state index is 12.7. The molecule has 0 aliphatic rings. The summed E-state index contributed by atoms with van der Waals surface area (Å²) in [7, 11) is 0.